The number of aliphatic carboxylic acids is 1. The van der Waals surface area contributed by atoms with E-state index in [1.165, 1.54) is 0 Å². The fourth-order valence-corrected chi connectivity index (χ4v) is 11.6. The fourth-order valence-electron chi connectivity index (χ4n) is 11.6. The van der Waals surface area contributed by atoms with Crippen molar-refractivity contribution in [3.05, 3.63) is 11.1 Å². The number of carbonyl (C=O) groups excluding carboxylic acids is 3. The first kappa shape index (κ1) is 38.9. The number of hydrogen-bond donors (Lipinski definition) is 1. The molecule has 7 atom stereocenters. The van der Waals surface area contributed by atoms with Crippen LogP contribution in [0.5, 0.6) is 0 Å². The molecule has 0 aromatic rings. The van der Waals surface area contributed by atoms with Crippen LogP contribution >= 0.6 is 0 Å². The minimum Gasteiger partial charge on any atom is -0.481 e. The number of hydrogen-bond acceptors (Lipinski definition) is 5. The van der Waals surface area contributed by atoms with Gasteiger partial charge in [-0.2, -0.15) is 0 Å². The Labute approximate surface area is 298 Å². The van der Waals surface area contributed by atoms with E-state index in [9.17, 15) is 33.1 Å². The molecule has 50 heavy (non-hydrogen) atoms. The Morgan fingerprint density at radius 3 is 2.22 bits per heavy atom. The van der Waals surface area contributed by atoms with E-state index < -0.39 is 28.7 Å². The summed E-state index contributed by atoms with van der Waals surface area (Å²) in [6.45, 7) is 16.5. The van der Waals surface area contributed by atoms with E-state index in [0.29, 0.717) is 24.2 Å². The highest BCUT2D eigenvalue weighted by Gasteiger charge is 2.60. The second-order valence-corrected chi connectivity index (χ2v) is 18.6. The molecule has 1 N–H and O–H groups in total. The van der Waals surface area contributed by atoms with E-state index in [2.05, 4.69) is 41.5 Å². The van der Waals surface area contributed by atoms with Crippen LogP contribution in [0.2, 0.25) is 0 Å². The molecule has 0 spiro atoms. The first-order valence-corrected chi connectivity index (χ1v) is 19.6. The molecule has 1 aliphatic heterocycles. The molecule has 0 bridgehead atoms. The normalized spacial score (nSPS) is 35.9. The third kappa shape index (κ3) is 6.93. The molecule has 1 saturated heterocycles. The van der Waals surface area contributed by atoms with Crippen LogP contribution in [0.3, 0.4) is 0 Å². The molecule has 3 saturated carbocycles. The van der Waals surface area contributed by atoms with Gasteiger partial charge in [-0.1, -0.05) is 54.4 Å². The second kappa shape index (κ2) is 13.9. The number of Topliss-reactive ketones (excluding diaryl/α,β-unsaturated/α-hetero) is 1. The molecule has 7 nitrogen and oxygen atoms in total. The van der Waals surface area contributed by atoms with Crippen LogP contribution in [-0.4, -0.2) is 58.8 Å². The number of fused-ring (bicyclic) bond motifs is 4. The van der Waals surface area contributed by atoms with E-state index in [0.717, 1.165) is 68.9 Å². The number of nitrogens with zero attached hydrogens (tertiary/aromatic N) is 1. The number of alkyl halides is 2. The van der Waals surface area contributed by atoms with Gasteiger partial charge in [0.15, 0.2) is 5.78 Å². The average molecular weight is 704 g/mol. The number of ether oxygens (including phenoxy) is 1. The van der Waals surface area contributed by atoms with Gasteiger partial charge >= 0.3 is 11.9 Å². The van der Waals surface area contributed by atoms with Gasteiger partial charge in [-0.3, -0.25) is 19.2 Å². The largest absolute Gasteiger partial charge is 0.481 e. The highest BCUT2D eigenvalue weighted by atomic mass is 19.3. The monoisotopic (exact) mass is 703 g/mol. The number of likely N-dealkylation sites (tertiary alicyclic amines) is 1. The molecule has 4 fully saturated rings. The number of carboxylic acid groups (broad SMARTS) is 1. The summed E-state index contributed by atoms with van der Waals surface area (Å²) in [5.41, 5.74) is -0.499. The fraction of sp³-hybridized carbons (Fsp3) is 0.854. The SMILES string of the molecule is CCC1CC[C@@H]2C3=C(C(C)C)C(=O)C[C@]3(C(=O)N3CCC(F)(F)CC3)CCC2CCCC2C(C)(C)[C@@H](OC(=O)CC(C)(C)C(=O)O)CC[C@]12C. The van der Waals surface area contributed by atoms with Gasteiger partial charge in [0.25, 0.3) is 5.92 Å². The first-order valence-electron chi connectivity index (χ1n) is 19.6. The molecule has 4 aliphatic carbocycles. The predicted molar refractivity (Wildman–Crippen MR) is 188 cm³/mol. The minimum absolute atomic E-state index is 0.00393. The van der Waals surface area contributed by atoms with Crippen LogP contribution in [0.4, 0.5) is 8.78 Å². The number of ketones is 1. The number of halogens is 2. The van der Waals surface area contributed by atoms with Crippen molar-refractivity contribution in [1.82, 2.24) is 4.90 Å². The summed E-state index contributed by atoms with van der Waals surface area (Å²) in [5.74, 6) is -3.07. The molecule has 0 aromatic heterocycles. The molecular weight excluding hydrogens is 640 g/mol. The molecule has 9 heteroatoms. The second-order valence-electron chi connectivity index (χ2n) is 18.6. The molecule has 1 heterocycles. The quantitative estimate of drug-likeness (QED) is 0.266. The Morgan fingerprint density at radius 2 is 1.62 bits per heavy atom. The lowest BCUT2D eigenvalue weighted by Gasteiger charge is -2.58. The molecule has 0 radical (unpaired) electrons. The molecule has 5 aliphatic rings. The van der Waals surface area contributed by atoms with Crippen molar-refractivity contribution in [2.75, 3.05) is 13.1 Å². The van der Waals surface area contributed by atoms with Crippen molar-refractivity contribution >= 4 is 23.6 Å². The van der Waals surface area contributed by atoms with Crippen molar-refractivity contribution < 1.29 is 37.8 Å². The topological polar surface area (TPSA) is 101 Å². The molecule has 0 aromatic carbocycles. The van der Waals surface area contributed by atoms with E-state index in [4.69, 9.17) is 4.74 Å². The maximum Gasteiger partial charge on any atom is 0.309 e. The summed E-state index contributed by atoms with van der Waals surface area (Å²) < 4.78 is 34.4. The highest BCUT2D eigenvalue weighted by molar-refractivity contribution is 6.06. The zero-order valence-corrected chi connectivity index (χ0v) is 32.0. The van der Waals surface area contributed by atoms with Gasteiger partial charge in [0.1, 0.15) is 6.10 Å². The van der Waals surface area contributed by atoms with Gasteiger partial charge in [-0.25, -0.2) is 8.78 Å². The van der Waals surface area contributed by atoms with Gasteiger partial charge in [-0.15, -0.1) is 0 Å². The summed E-state index contributed by atoms with van der Waals surface area (Å²) in [4.78, 5) is 54.8. The van der Waals surface area contributed by atoms with Crippen molar-refractivity contribution in [3.8, 4) is 0 Å². The maximum atomic E-state index is 14.5. The summed E-state index contributed by atoms with van der Waals surface area (Å²) in [6, 6.07) is 0. The number of rotatable bonds is 7. The molecular formula is C41H63F2NO6. The highest BCUT2D eigenvalue weighted by Crippen LogP contribution is 2.63. The van der Waals surface area contributed by atoms with E-state index in [1.807, 2.05) is 0 Å². The van der Waals surface area contributed by atoms with Crippen LogP contribution in [0.15, 0.2) is 11.1 Å². The van der Waals surface area contributed by atoms with Crippen molar-refractivity contribution in [1.29, 1.82) is 0 Å². The number of piperidine rings is 1. The van der Waals surface area contributed by atoms with Gasteiger partial charge < -0.3 is 14.7 Å². The van der Waals surface area contributed by atoms with Crippen molar-refractivity contribution in [2.24, 2.45) is 51.2 Å². The Balaban J connectivity index is 1.43. The molecule has 1 amide bonds. The summed E-state index contributed by atoms with van der Waals surface area (Å²) in [5, 5.41) is 9.58. The zero-order valence-electron chi connectivity index (χ0n) is 32.0. The molecule has 5 rings (SSSR count). The number of amides is 1. The van der Waals surface area contributed by atoms with Gasteiger partial charge in [0.2, 0.25) is 5.91 Å². The minimum atomic E-state index is -2.74. The Kier molecular flexibility index (Phi) is 10.8. The predicted octanol–water partition coefficient (Wildman–Crippen LogP) is 9.03. The van der Waals surface area contributed by atoms with Gasteiger partial charge in [0, 0.05) is 37.8 Å². The summed E-state index contributed by atoms with van der Waals surface area (Å²) in [7, 11) is 0. The average Bonchev–Trinajstić information content (AvgIpc) is 3.33. The van der Waals surface area contributed by atoms with Gasteiger partial charge in [0.05, 0.1) is 17.3 Å². The number of carboxylic acids is 1. The Hall–Kier alpha value is -2.32. The Bertz CT molecular complexity index is 1370. The van der Waals surface area contributed by atoms with Crippen LogP contribution < -0.4 is 0 Å². The smallest absolute Gasteiger partial charge is 0.309 e. The molecule has 282 valence electrons. The number of carbonyl (C=O) groups is 4. The lowest BCUT2D eigenvalue weighted by atomic mass is 9.48. The van der Waals surface area contributed by atoms with Crippen LogP contribution in [-0.2, 0) is 23.9 Å². The summed E-state index contributed by atoms with van der Waals surface area (Å²) in [6.07, 6.45) is 8.03. The standard InChI is InChI=1S/C41H63F2NO6/c1-9-27-13-14-28-26(11-10-12-30-38(6,7)31(16-17-39(27,30)8)50-32(46)24-37(4,5)36(48)49)15-18-40(23-29(45)33(25(2)3)34(28)40)35(47)44-21-19-41(42,43)20-22-44/h25-28,30-31H,9-24H2,1-8H3,(H,48,49)/t26?,27?,28-,30?,31-,39+,40+/m0/s1. The van der Waals surface area contributed by atoms with Gasteiger partial charge in [-0.05, 0) is 111 Å². The third-order valence-electron chi connectivity index (χ3n) is 14.4. The lowest BCUT2D eigenvalue weighted by Crippen LogP contribution is -2.54. The van der Waals surface area contributed by atoms with Crippen LogP contribution in [0.1, 0.15) is 145 Å². The first-order chi connectivity index (χ1) is 23.2. The lowest BCUT2D eigenvalue weighted by molar-refractivity contribution is -0.180. The van der Waals surface area contributed by atoms with Crippen molar-refractivity contribution in [3.63, 3.8) is 0 Å². The third-order valence-corrected chi connectivity index (χ3v) is 14.4. The zero-order chi connectivity index (χ0) is 37.0. The van der Waals surface area contributed by atoms with Crippen LogP contribution in [0.25, 0.3) is 0 Å². The number of allylic oxidation sites excluding steroid dienone is 1. The maximum absolute atomic E-state index is 14.5. The summed E-state index contributed by atoms with van der Waals surface area (Å²) >= 11 is 0. The van der Waals surface area contributed by atoms with E-state index >= 15 is 0 Å². The van der Waals surface area contributed by atoms with Crippen molar-refractivity contribution in [2.45, 2.75) is 157 Å². The molecule has 3 unspecified atom stereocenters. The number of esters is 1. The van der Waals surface area contributed by atoms with Crippen LogP contribution in [0, 0.1) is 51.2 Å². The van der Waals surface area contributed by atoms with E-state index in [1.54, 1.807) is 18.7 Å². The Morgan fingerprint density at radius 1 is 0.960 bits per heavy atom. The van der Waals surface area contributed by atoms with E-state index in [-0.39, 0.29) is 79.2 Å².